The Balaban J connectivity index is 4.06. The molecular formula is C15H31N3OS. The van der Waals surface area contributed by atoms with Crippen LogP contribution in [0.1, 0.15) is 52.9 Å². The second-order valence-corrected chi connectivity index (χ2v) is 6.14. The Morgan fingerprint density at radius 3 is 2.30 bits per heavy atom. The number of amides is 1. The molecule has 0 radical (unpaired) electrons. The topological polar surface area (TPSA) is 49.6 Å². The summed E-state index contributed by atoms with van der Waals surface area (Å²) in [6.07, 6.45) is 4.86. The van der Waals surface area contributed by atoms with E-state index in [9.17, 15) is 4.79 Å². The Morgan fingerprint density at radius 2 is 1.80 bits per heavy atom. The van der Waals surface area contributed by atoms with Gasteiger partial charge >= 0.3 is 0 Å². The molecule has 0 heterocycles. The highest BCUT2D eigenvalue weighted by molar-refractivity contribution is 7.80. The Morgan fingerprint density at radius 1 is 1.15 bits per heavy atom. The van der Waals surface area contributed by atoms with Gasteiger partial charge in [-0.25, -0.2) is 0 Å². The van der Waals surface area contributed by atoms with Gasteiger partial charge in [0, 0.05) is 39.0 Å². The highest BCUT2D eigenvalue weighted by Gasteiger charge is 2.13. The molecule has 118 valence electrons. The van der Waals surface area contributed by atoms with Gasteiger partial charge < -0.3 is 15.5 Å². The van der Waals surface area contributed by atoms with Gasteiger partial charge in [0.1, 0.15) is 0 Å². The summed E-state index contributed by atoms with van der Waals surface area (Å²) in [6.45, 7) is 9.11. The molecule has 0 aromatic heterocycles. The third kappa shape index (κ3) is 9.26. The maximum Gasteiger partial charge on any atom is 0.223 e. The van der Waals surface area contributed by atoms with E-state index < -0.39 is 0 Å². The number of nitrogens with two attached hydrogens (primary N) is 1. The number of carbonyl (C=O) groups is 1. The average molecular weight is 302 g/mol. The number of rotatable bonds is 11. The predicted octanol–water partition coefficient (Wildman–Crippen LogP) is 2.41. The Labute approximate surface area is 129 Å². The summed E-state index contributed by atoms with van der Waals surface area (Å²) in [7, 11) is 1.82. The van der Waals surface area contributed by atoms with Crippen molar-refractivity contribution in [2.45, 2.75) is 58.9 Å². The molecule has 0 aromatic rings. The smallest absolute Gasteiger partial charge is 0.223 e. The molecule has 4 nitrogen and oxygen atoms in total. The van der Waals surface area contributed by atoms with Crippen molar-refractivity contribution in [3.8, 4) is 0 Å². The predicted molar refractivity (Wildman–Crippen MR) is 89.9 cm³/mol. The van der Waals surface area contributed by atoms with Gasteiger partial charge in [0.15, 0.2) is 0 Å². The Kier molecular flexibility index (Phi) is 10.7. The molecule has 0 bridgehead atoms. The van der Waals surface area contributed by atoms with Crippen LogP contribution in [0.3, 0.4) is 0 Å². The molecule has 0 saturated carbocycles. The third-order valence-electron chi connectivity index (χ3n) is 3.51. The van der Waals surface area contributed by atoms with E-state index in [1.807, 2.05) is 7.05 Å². The van der Waals surface area contributed by atoms with Gasteiger partial charge in [-0.15, -0.1) is 0 Å². The molecule has 0 fully saturated rings. The zero-order valence-corrected chi connectivity index (χ0v) is 14.3. The summed E-state index contributed by atoms with van der Waals surface area (Å²) < 4.78 is 0. The summed E-state index contributed by atoms with van der Waals surface area (Å²) in [5.74, 6) is 0.169. The van der Waals surface area contributed by atoms with Crippen molar-refractivity contribution < 1.29 is 4.79 Å². The van der Waals surface area contributed by atoms with Crippen LogP contribution in [0, 0.1) is 0 Å². The van der Waals surface area contributed by atoms with E-state index in [2.05, 4.69) is 25.7 Å². The molecule has 0 atom stereocenters. The lowest BCUT2D eigenvalue weighted by atomic mass is 10.2. The van der Waals surface area contributed by atoms with Crippen LogP contribution in [0.15, 0.2) is 0 Å². The van der Waals surface area contributed by atoms with Gasteiger partial charge in [-0.3, -0.25) is 4.79 Å². The van der Waals surface area contributed by atoms with Crippen LogP contribution in [-0.4, -0.2) is 53.4 Å². The molecule has 0 aliphatic rings. The lowest BCUT2D eigenvalue weighted by Gasteiger charge is -2.27. The van der Waals surface area contributed by atoms with Crippen molar-refractivity contribution >= 4 is 23.1 Å². The van der Waals surface area contributed by atoms with Gasteiger partial charge in [-0.2, -0.15) is 0 Å². The second kappa shape index (κ2) is 11.0. The number of unbranched alkanes of at least 4 members (excludes halogenated alkanes) is 2. The third-order valence-corrected chi connectivity index (χ3v) is 3.72. The molecule has 0 aliphatic heterocycles. The van der Waals surface area contributed by atoms with Crippen LogP contribution >= 0.6 is 12.2 Å². The van der Waals surface area contributed by atoms with Gasteiger partial charge in [0.2, 0.25) is 5.91 Å². The van der Waals surface area contributed by atoms with Crippen molar-refractivity contribution in [3.05, 3.63) is 0 Å². The standard InChI is InChI=1S/C15H31N3OS/c1-5-6-7-10-18(13(2)3)12-9-15(19)17(4)11-8-14(16)20/h13H,5-12H2,1-4H3,(H2,16,20). The van der Waals surface area contributed by atoms with Crippen molar-refractivity contribution in [3.63, 3.8) is 0 Å². The van der Waals surface area contributed by atoms with Gasteiger partial charge in [-0.05, 0) is 26.8 Å². The van der Waals surface area contributed by atoms with Crippen molar-refractivity contribution in [1.82, 2.24) is 9.80 Å². The minimum absolute atomic E-state index is 0.169. The molecule has 0 unspecified atom stereocenters. The lowest BCUT2D eigenvalue weighted by Crippen LogP contribution is -2.37. The summed E-state index contributed by atoms with van der Waals surface area (Å²) >= 11 is 4.83. The summed E-state index contributed by atoms with van der Waals surface area (Å²) in [4.78, 5) is 16.6. The Hall–Kier alpha value is -0.680. The highest BCUT2D eigenvalue weighted by Crippen LogP contribution is 2.05. The highest BCUT2D eigenvalue weighted by atomic mass is 32.1. The van der Waals surface area contributed by atoms with E-state index in [0.29, 0.717) is 30.4 Å². The van der Waals surface area contributed by atoms with Crippen molar-refractivity contribution in [2.24, 2.45) is 5.73 Å². The Bertz CT molecular complexity index is 295. The fraction of sp³-hybridized carbons (Fsp3) is 0.867. The quantitative estimate of drug-likeness (QED) is 0.470. The number of nitrogens with zero attached hydrogens (tertiary/aromatic N) is 2. The van der Waals surface area contributed by atoms with Crippen LogP contribution in [0.25, 0.3) is 0 Å². The van der Waals surface area contributed by atoms with E-state index in [0.717, 1.165) is 13.1 Å². The molecule has 20 heavy (non-hydrogen) atoms. The minimum Gasteiger partial charge on any atom is -0.393 e. The number of hydrogen-bond acceptors (Lipinski definition) is 3. The molecule has 0 aromatic carbocycles. The van der Waals surface area contributed by atoms with Crippen LogP contribution in [-0.2, 0) is 4.79 Å². The molecule has 0 rings (SSSR count). The summed E-state index contributed by atoms with van der Waals surface area (Å²) in [5.41, 5.74) is 5.46. The summed E-state index contributed by atoms with van der Waals surface area (Å²) in [6, 6.07) is 0.488. The van der Waals surface area contributed by atoms with E-state index in [1.165, 1.54) is 19.3 Å². The van der Waals surface area contributed by atoms with E-state index in [-0.39, 0.29) is 5.91 Å². The van der Waals surface area contributed by atoms with E-state index in [4.69, 9.17) is 18.0 Å². The van der Waals surface area contributed by atoms with E-state index >= 15 is 0 Å². The first-order valence-corrected chi connectivity index (χ1v) is 8.05. The van der Waals surface area contributed by atoms with Crippen LogP contribution in [0.2, 0.25) is 0 Å². The zero-order chi connectivity index (χ0) is 15.5. The van der Waals surface area contributed by atoms with Gasteiger partial charge in [0.25, 0.3) is 0 Å². The van der Waals surface area contributed by atoms with Gasteiger partial charge in [-0.1, -0.05) is 32.0 Å². The molecule has 0 aliphatic carbocycles. The molecule has 0 spiro atoms. The fourth-order valence-electron chi connectivity index (χ4n) is 2.03. The van der Waals surface area contributed by atoms with Crippen LogP contribution in [0.4, 0.5) is 0 Å². The van der Waals surface area contributed by atoms with Crippen molar-refractivity contribution in [1.29, 1.82) is 0 Å². The van der Waals surface area contributed by atoms with E-state index in [1.54, 1.807) is 4.90 Å². The normalized spacial score (nSPS) is 11.1. The molecule has 1 amide bonds. The molecule has 0 saturated heterocycles. The molecular weight excluding hydrogens is 270 g/mol. The number of thiocarbonyl (C=S) groups is 1. The zero-order valence-electron chi connectivity index (χ0n) is 13.5. The van der Waals surface area contributed by atoms with Crippen molar-refractivity contribution in [2.75, 3.05) is 26.7 Å². The SMILES string of the molecule is CCCCCN(CCC(=O)N(C)CCC(N)=S)C(C)C. The van der Waals surface area contributed by atoms with Crippen LogP contribution < -0.4 is 5.73 Å². The van der Waals surface area contributed by atoms with Crippen LogP contribution in [0.5, 0.6) is 0 Å². The second-order valence-electron chi connectivity index (χ2n) is 5.62. The first-order chi connectivity index (χ1) is 9.38. The maximum absolute atomic E-state index is 12.0. The fourth-order valence-corrected chi connectivity index (χ4v) is 2.12. The first-order valence-electron chi connectivity index (χ1n) is 7.64. The largest absolute Gasteiger partial charge is 0.393 e. The average Bonchev–Trinajstić information content (AvgIpc) is 2.39. The summed E-state index contributed by atoms with van der Waals surface area (Å²) in [5, 5.41) is 0. The number of hydrogen-bond donors (Lipinski definition) is 1. The monoisotopic (exact) mass is 301 g/mol. The lowest BCUT2D eigenvalue weighted by molar-refractivity contribution is -0.130. The number of carbonyl (C=O) groups excluding carboxylic acids is 1. The molecule has 2 N–H and O–H groups in total. The maximum atomic E-state index is 12.0. The molecule has 5 heteroatoms. The van der Waals surface area contributed by atoms with Gasteiger partial charge in [0.05, 0.1) is 4.99 Å². The first kappa shape index (κ1) is 19.3. The minimum atomic E-state index is 0.169.